The molecule has 1 unspecified atom stereocenters. The van der Waals surface area contributed by atoms with Crippen molar-refractivity contribution in [3.05, 3.63) is 0 Å². The van der Waals surface area contributed by atoms with Crippen LogP contribution >= 0.6 is 0 Å². The molecular weight excluding hydrogens is 266 g/mol. The highest BCUT2D eigenvalue weighted by Crippen LogP contribution is 2.35. The van der Waals surface area contributed by atoms with Crippen LogP contribution in [0.5, 0.6) is 0 Å². The van der Waals surface area contributed by atoms with Crippen LogP contribution in [0.25, 0.3) is 0 Å². The number of hydrogen-bond donors (Lipinski definition) is 0. The standard InChI is InChI=1S/C17H31NO3/c1-16(2,3)21-15(19)18-14(12-20-17(18,4)5)11-13-9-7-6-8-10-13/h13-14H,6-12H2,1-5H3. The first kappa shape index (κ1) is 16.6. The first-order valence-corrected chi connectivity index (χ1v) is 8.35. The summed E-state index contributed by atoms with van der Waals surface area (Å²) in [5.41, 5.74) is -1.03. The maximum atomic E-state index is 12.6. The van der Waals surface area contributed by atoms with Gasteiger partial charge in [-0.25, -0.2) is 4.79 Å². The van der Waals surface area contributed by atoms with Crippen molar-refractivity contribution >= 4 is 6.09 Å². The average molecular weight is 297 g/mol. The minimum absolute atomic E-state index is 0.151. The summed E-state index contributed by atoms with van der Waals surface area (Å²) in [6, 6.07) is 0.151. The van der Waals surface area contributed by atoms with Gasteiger partial charge in [-0.2, -0.15) is 0 Å². The molecule has 4 nitrogen and oxygen atoms in total. The number of hydrogen-bond acceptors (Lipinski definition) is 3. The van der Waals surface area contributed by atoms with E-state index in [2.05, 4.69) is 0 Å². The number of ether oxygens (including phenoxy) is 2. The number of carbonyl (C=O) groups is 1. The minimum atomic E-state index is -0.568. The quantitative estimate of drug-likeness (QED) is 0.761. The SMILES string of the molecule is CC(C)(C)OC(=O)N1C(CC2CCCCC2)COC1(C)C. The summed E-state index contributed by atoms with van der Waals surface area (Å²) in [6.45, 7) is 10.3. The summed E-state index contributed by atoms with van der Waals surface area (Å²) < 4.78 is 11.5. The molecule has 1 aliphatic carbocycles. The zero-order chi connectivity index (χ0) is 15.7. The largest absolute Gasteiger partial charge is 0.444 e. The molecule has 122 valence electrons. The molecule has 0 N–H and O–H groups in total. The minimum Gasteiger partial charge on any atom is -0.444 e. The van der Waals surface area contributed by atoms with Gasteiger partial charge in [-0.1, -0.05) is 32.1 Å². The Kier molecular flexibility index (Phi) is 4.86. The molecule has 0 aromatic rings. The van der Waals surface area contributed by atoms with Gasteiger partial charge >= 0.3 is 6.09 Å². The van der Waals surface area contributed by atoms with E-state index in [0.717, 1.165) is 12.3 Å². The first-order chi connectivity index (χ1) is 9.69. The fraction of sp³-hybridized carbons (Fsp3) is 0.941. The van der Waals surface area contributed by atoms with Crippen molar-refractivity contribution in [2.24, 2.45) is 5.92 Å². The van der Waals surface area contributed by atoms with Crippen molar-refractivity contribution in [2.45, 2.75) is 90.5 Å². The van der Waals surface area contributed by atoms with Gasteiger partial charge in [0.05, 0.1) is 12.6 Å². The second-order valence-electron chi connectivity index (χ2n) is 8.00. The summed E-state index contributed by atoms with van der Waals surface area (Å²) >= 11 is 0. The van der Waals surface area contributed by atoms with Crippen LogP contribution in [0.1, 0.15) is 73.1 Å². The highest BCUT2D eigenvalue weighted by molar-refractivity contribution is 5.69. The van der Waals surface area contributed by atoms with Crippen LogP contribution in [0.4, 0.5) is 4.79 Å². The highest BCUT2D eigenvalue weighted by atomic mass is 16.6. The van der Waals surface area contributed by atoms with Crippen molar-refractivity contribution in [1.82, 2.24) is 4.90 Å². The fourth-order valence-electron chi connectivity index (χ4n) is 3.54. The smallest absolute Gasteiger partial charge is 0.412 e. The molecule has 0 bridgehead atoms. The lowest BCUT2D eigenvalue weighted by atomic mass is 9.84. The second kappa shape index (κ2) is 6.15. The Labute approximate surface area is 129 Å². The molecule has 2 fully saturated rings. The van der Waals surface area contributed by atoms with Gasteiger partial charge in [0, 0.05) is 0 Å². The average Bonchev–Trinajstić information content (AvgIpc) is 2.63. The summed E-state index contributed by atoms with van der Waals surface area (Å²) in [6.07, 6.45) is 7.40. The molecule has 0 radical (unpaired) electrons. The van der Waals surface area contributed by atoms with Crippen molar-refractivity contribution in [3.63, 3.8) is 0 Å². The van der Waals surface area contributed by atoms with Gasteiger partial charge in [0.1, 0.15) is 11.3 Å². The predicted molar refractivity (Wildman–Crippen MR) is 83.1 cm³/mol. The van der Waals surface area contributed by atoms with E-state index in [1.165, 1.54) is 32.1 Å². The lowest BCUT2D eigenvalue weighted by Crippen LogP contribution is -2.50. The van der Waals surface area contributed by atoms with Crippen molar-refractivity contribution in [2.75, 3.05) is 6.61 Å². The molecule has 1 saturated heterocycles. The van der Waals surface area contributed by atoms with E-state index in [0.29, 0.717) is 6.61 Å². The molecule has 1 atom stereocenters. The molecule has 21 heavy (non-hydrogen) atoms. The number of nitrogens with zero attached hydrogens (tertiary/aromatic N) is 1. The zero-order valence-electron chi connectivity index (χ0n) is 14.3. The van der Waals surface area contributed by atoms with Crippen LogP contribution < -0.4 is 0 Å². The predicted octanol–water partition coefficient (Wildman–Crippen LogP) is 4.33. The van der Waals surface area contributed by atoms with E-state index in [-0.39, 0.29) is 12.1 Å². The van der Waals surface area contributed by atoms with Gasteiger partial charge in [-0.3, -0.25) is 4.90 Å². The van der Waals surface area contributed by atoms with Crippen molar-refractivity contribution in [1.29, 1.82) is 0 Å². The fourth-order valence-corrected chi connectivity index (χ4v) is 3.54. The highest BCUT2D eigenvalue weighted by Gasteiger charge is 2.46. The normalized spacial score (nSPS) is 26.9. The lowest BCUT2D eigenvalue weighted by molar-refractivity contribution is -0.0632. The van der Waals surface area contributed by atoms with Gasteiger partial charge in [-0.05, 0) is 47.0 Å². The van der Waals surface area contributed by atoms with E-state index in [9.17, 15) is 4.79 Å². The zero-order valence-corrected chi connectivity index (χ0v) is 14.3. The topological polar surface area (TPSA) is 38.8 Å². The third-order valence-corrected chi connectivity index (χ3v) is 4.49. The molecule has 2 rings (SSSR count). The Balaban J connectivity index is 2.03. The molecule has 2 aliphatic rings. The van der Waals surface area contributed by atoms with Crippen molar-refractivity contribution < 1.29 is 14.3 Å². The molecule has 0 aromatic carbocycles. The monoisotopic (exact) mass is 297 g/mol. The molecule has 0 spiro atoms. The van der Waals surface area contributed by atoms with E-state index in [1.54, 1.807) is 0 Å². The number of carbonyl (C=O) groups excluding carboxylic acids is 1. The van der Waals surface area contributed by atoms with Crippen molar-refractivity contribution in [3.8, 4) is 0 Å². The van der Waals surface area contributed by atoms with E-state index >= 15 is 0 Å². The summed E-state index contributed by atoms with van der Waals surface area (Å²) in [5, 5.41) is 0. The van der Waals surface area contributed by atoms with Crippen LogP contribution in [0.2, 0.25) is 0 Å². The van der Waals surface area contributed by atoms with Crippen LogP contribution in [0.15, 0.2) is 0 Å². The number of amides is 1. The number of rotatable bonds is 2. The molecule has 0 aromatic heterocycles. The van der Waals surface area contributed by atoms with Crippen LogP contribution in [0, 0.1) is 5.92 Å². The first-order valence-electron chi connectivity index (χ1n) is 8.35. The third kappa shape index (κ3) is 4.35. The Hall–Kier alpha value is -0.770. The summed E-state index contributed by atoms with van der Waals surface area (Å²) in [5.74, 6) is 0.728. The van der Waals surface area contributed by atoms with Crippen LogP contribution in [-0.4, -0.2) is 35.0 Å². The molecular formula is C17H31NO3. The second-order valence-corrected chi connectivity index (χ2v) is 8.00. The third-order valence-electron chi connectivity index (χ3n) is 4.49. The van der Waals surface area contributed by atoms with Gasteiger partial charge in [0.2, 0.25) is 0 Å². The Morgan fingerprint density at radius 3 is 2.43 bits per heavy atom. The van der Waals surface area contributed by atoms with E-state index in [4.69, 9.17) is 9.47 Å². The Bertz CT molecular complexity index is 367. The maximum Gasteiger partial charge on any atom is 0.412 e. The van der Waals surface area contributed by atoms with Crippen LogP contribution in [-0.2, 0) is 9.47 Å². The molecule has 4 heteroatoms. The summed E-state index contributed by atoms with van der Waals surface area (Å²) in [7, 11) is 0. The Morgan fingerprint density at radius 2 is 1.86 bits per heavy atom. The van der Waals surface area contributed by atoms with Gasteiger partial charge in [0.25, 0.3) is 0 Å². The lowest BCUT2D eigenvalue weighted by Gasteiger charge is -2.36. The molecule has 1 saturated carbocycles. The molecule has 1 amide bonds. The molecule has 1 aliphatic heterocycles. The maximum absolute atomic E-state index is 12.6. The van der Waals surface area contributed by atoms with Gasteiger partial charge in [-0.15, -0.1) is 0 Å². The summed E-state index contributed by atoms with van der Waals surface area (Å²) in [4.78, 5) is 14.4. The van der Waals surface area contributed by atoms with Gasteiger partial charge in [0.15, 0.2) is 0 Å². The van der Waals surface area contributed by atoms with E-state index < -0.39 is 11.3 Å². The van der Waals surface area contributed by atoms with E-state index in [1.807, 2.05) is 39.5 Å². The van der Waals surface area contributed by atoms with Crippen LogP contribution in [0.3, 0.4) is 0 Å². The molecule has 1 heterocycles. The Morgan fingerprint density at radius 1 is 1.24 bits per heavy atom. The van der Waals surface area contributed by atoms with Gasteiger partial charge < -0.3 is 9.47 Å².